The van der Waals surface area contributed by atoms with Gasteiger partial charge >= 0.3 is 12.4 Å². The molecule has 0 bridgehead atoms. The van der Waals surface area contributed by atoms with E-state index in [1.165, 1.54) is 88.2 Å². The number of nitrogens with one attached hydrogen (secondary N) is 1. The summed E-state index contributed by atoms with van der Waals surface area (Å²) >= 11 is 0. The summed E-state index contributed by atoms with van der Waals surface area (Å²) in [5.41, 5.74) is -0.0876. The summed E-state index contributed by atoms with van der Waals surface area (Å²) in [6.07, 6.45) is 7.23. The van der Waals surface area contributed by atoms with Crippen molar-refractivity contribution >= 4 is 5.82 Å². The summed E-state index contributed by atoms with van der Waals surface area (Å²) in [7, 11) is 0. The summed E-state index contributed by atoms with van der Waals surface area (Å²) < 4.78 is 78.1. The molecule has 0 fully saturated rings. The van der Waals surface area contributed by atoms with Crippen LogP contribution in [0.2, 0.25) is 0 Å². The predicted octanol–water partition coefficient (Wildman–Crippen LogP) is 11.0. The molecule has 224 valence electrons. The van der Waals surface area contributed by atoms with Crippen LogP contribution in [-0.4, -0.2) is 16.5 Å². The van der Waals surface area contributed by atoms with E-state index < -0.39 is 23.5 Å². The van der Waals surface area contributed by atoms with Crippen molar-refractivity contribution in [3.63, 3.8) is 0 Å². The zero-order chi connectivity index (χ0) is 29.7. The molecule has 0 aliphatic rings. The molecular weight excluding hydrogens is 540 g/mol. The molecule has 2 aromatic carbocycles. The molecule has 0 amide bonds. The average molecular weight is 580 g/mol. The lowest BCUT2D eigenvalue weighted by molar-refractivity contribution is -0.138. The fourth-order valence-electron chi connectivity index (χ4n) is 4.69. The molecule has 0 aliphatic heterocycles. The summed E-state index contributed by atoms with van der Waals surface area (Å²) in [4.78, 5) is 8.86. The van der Waals surface area contributed by atoms with Gasteiger partial charge in [-0.15, -0.1) is 0 Å². The Morgan fingerprint density at radius 1 is 0.585 bits per heavy atom. The van der Waals surface area contributed by atoms with Crippen molar-refractivity contribution in [1.82, 2.24) is 9.97 Å². The summed E-state index contributed by atoms with van der Waals surface area (Å²) in [5.74, 6) is 0.657. The van der Waals surface area contributed by atoms with E-state index in [-0.39, 0.29) is 5.82 Å². The molecule has 0 saturated carbocycles. The Kier molecular flexibility index (Phi) is 12.5. The molecule has 3 aromatic rings. The lowest BCUT2D eigenvalue weighted by Gasteiger charge is -2.14. The van der Waals surface area contributed by atoms with E-state index >= 15 is 0 Å². The maximum atomic E-state index is 13.0. The van der Waals surface area contributed by atoms with E-state index in [2.05, 4.69) is 22.2 Å². The van der Waals surface area contributed by atoms with Gasteiger partial charge in [-0.25, -0.2) is 9.97 Å². The molecule has 0 radical (unpaired) electrons. The highest BCUT2D eigenvalue weighted by molar-refractivity contribution is 5.76. The van der Waals surface area contributed by atoms with Crippen molar-refractivity contribution in [3.05, 3.63) is 65.9 Å². The number of hydrogen-bond donors (Lipinski definition) is 1. The fourth-order valence-corrected chi connectivity index (χ4v) is 4.69. The molecule has 0 saturated heterocycles. The average Bonchev–Trinajstić information content (AvgIpc) is 2.94. The summed E-state index contributed by atoms with van der Waals surface area (Å²) in [6.45, 7) is 2.83. The first kappa shape index (κ1) is 32.4. The third-order valence-electron chi connectivity index (χ3n) is 7.11. The standard InChI is InChI=1S/C32H39F6N3/c1-2-3-4-5-6-7-8-9-10-11-12-13-22-39-30-28(24-14-18-26(19-15-24)31(33,34)35)23-40-29(41-30)25-16-20-27(21-17-25)32(36,37)38/h14-21,23H,2-13,22H2,1H3,(H,39,40,41). The highest BCUT2D eigenvalue weighted by Crippen LogP contribution is 2.34. The van der Waals surface area contributed by atoms with Crippen molar-refractivity contribution in [1.29, 1.82) is 0 Å². The summed E-state index contributed by atoms with van der Waals surface area (Å²) in [6, 6.07) is 9.32. The van der Waals surface area contributed by atoms with Crippen LogP contribution in [0.5, 0.6) is 0 Å². The van der Waals surface area contributed by atoms with E-state index in [0.717, 1.165) is 43.5 Å². The molecule has 0 unspecified atom stereocenters. The van der Waals surface area contributed by atoms with Gasteiger partial charge in [0.15, 0.2) is 5.82 Å². The largest absolute Gasteiger partial charge is 0.416 e. The van der Waals surface area contributed by atoms with Gasteiger partial charge in [0.1, 0.15) is 5.82 Å². The smallest absolute Gasteiger partial charge is 0.369 e. The molecule has 1 aromatic heterocycles. The Hall–Kier alpha value is -3.10. The second kappa shape index (κ2) is 15.8. The van der Waals surface area contributed by atoms with Crippen LogP contribution < -0.4 is 5.32 Å². The molecule has 41 heavy (non-hydrogen) atoms. The SMILES string of the molecule is CCCCCCCCCCCCCCNc1nc(-c2ccc(C(F)(F)F)cc2)ncc1-c1ccc(C(F)(F)F)cc1. The van der Waals surface area contributed by atoms with Gasteiger partial charge in [0.25, 0.3) is 0 Å². The Balaban J connectivity index is 1.61. The second-order valence-electron chi connectivity index (χ2n) is 10.4. The molecule has 0 atom stereocenters. The van der Waals surface area contributed by atoms with E-state index in [1.807, 2.05) is 0 Å². The molecule has 1 heterocycles. The van der Waals surface area contributed by atoms with Gasteiger partial charge in [-0.3, -0.25) is 0 Å². The lowest BCUT2D eigenvalue weighted by Crippen LogP contribution is -2.08. The van der Waals surface area contributed by atoms with E-state index in [0.29, 0.717) is 29.1 Å². The zero-order valence-electron chi connectivity index (χ0n) is 23.6. The third-order valence-corrected chi connectivity index (χ3v) is 7.11. The molecule has 1 N–H and O–H groups in total. The monoisotopic (exact) mass is 579 g/mol. The Bertz CT molecular complexity index is 1170. The number of anilines is 1. The zero-order valence-corrected chi connectivity index (χ0v) is 23.6. The van der Waals surface area contributed by atoms with Crippen LogP contribution >= 0.6 is 0 Å². The highest BCUT2D eigenvalue weighted by atomic mass is 19.4. The van der Waals surface area contributed by atoms with Crippen molar-refractivity contribution in [3.8, 4) is 22.5 Å². The molecular formula is C32H39F6N3. The Labute approximate surface area is 238 Å². The third kappa shape index (κ3) is 10.7. The lowest BCUT2D eigenvalue weighted by atomic mass is 10.0. The van der Waals surface area contributed by atoms with Gasteiger partial charge in [-0.2, -0.15) is 26.3 Å². The molecule has 3 nitrogen and oxygen atoms in total. The van der Waals surface area contributed by atoms with Gasteiger partial charge in [0.2, 0.25) is 0 Å². The Morgan fingerprint density at radius 3 is 1.49 bits per heavy atom. The minimum atomic E-state index is -4.45. The number of nitrogens with zero attached hydrogens (tertiary/aromatic N) is 2. The van der Waals surface area contributed by atoms with Gasteiger partial charge in [-0.1, -0.05) is 102 Å². The van der Waals surface area contributed by atoms with Gasteiger partial charge in [0.05, 0.1) is 11.1 Å². The predicted molar refractivity (Wildman–Crippen MR) is 152 cm³/mol. The van der Waals surface area contributed by atoms with E-state index in [9.17, 15) is 26.3 Å². The Morgan fingerprint density at radius 2 is 1.02 bits per heavy atom. The topological polar surface area (TPSA) is 37.8 Å². The first-order valence-corrected chi connectivity index (χ1v) is 14.6. The number of hydrogen-bond acceptors (Lipinski definition) is 3. The van der Waals surface area contributed by atoms with Crippen LogP contribution in [0.3, 0.4) is 0 Å². The summed E-state index contributed by atoms with van der Waals surface area (Å²) in [5, 5.41) is 3.28. The second-order valence-corrected chi connectivity index (χ2v) is 10.4. The first-order chi connectivity index (χ1) is 19.6. The van der Waals surface area contributed by atoms with Crippen LogP contribution in [0.1, 0.15) is 95.1 Å². The van der Waals surface area contributed by atoms with Crippen molar-refractivity contribution in [2.24, 2.45) is 0 Å². The number of halogens is 6. The van der Waals surface area contributed by atoms with Crippen molar-refractivity contribution in [2.45, 2.75) is 96.3 Å². The maximum Gasteiger partial charge on any atom is 0.416 e. The highest BCUT2D eigenvalue weighted by Gasteiger charge is 2.31. The van der Waals surface area contributed by atoms with Gasteiger partial charge in [-0.05, 0) is 36.2 Å². The number of alkyl halides is 6. The normalized spacial score (nSPS) is 12.1. The number of benzene rings is 2. The number of unbranched alkanes of at least 4 members (excludes halogenated alkanes) is 11. The van der Waals surface area contributed by atoms with Crippen molar-refractivity contribution in [2.75, 3.05) is 11.9 Å². The van der Waals surface area contributed by atoms with Crippen LogP contribution in [0, 0.1) is 0 Å². The first-order valence-electron chi connectivity index (χ1n) is 14.6. The van der Waals surface area contributed by atoms with Crippen LogP contribution in [0.15, 0.2) is 54.7 Å². The van der Waals surface area contributed by atoms with Gasteiger partial charge < -0.3 is 5.32 Å². The quantitative estimate of drug-likeness (QED) is 0.135. The van der Waals surface area contributed by atoms with E-state index in [4.69, 9.17) is 0 Å². The molecule has 9 heteroatoms. The number of rotatable bonds is 16. The fraction of sp³-hybridized carbons (Fsp3) is 0.500. The number of aromatic nitrogens is 2. The molecule has 0 aliphatic carbocycles. The van der Waals surface area contributed by atoms with Crippen molar-refractivity contribution < 1.29 is 26.3 Å². The molecule has 0 spiro atoms. The van der Waals surface area contributed by atoms with Crippen LogP contribution in [0.4, 0.5) is 32.2 Å². The van der Waals surface area contributed by atoms with Crippen LogP contribution in [-0.2, 0) is 12.4 Å². The molecule has 3 rings (SSSR count). The van der Waals surface area contributed by atoms with Crippen LogP contribution in [0.25, 0.3) is 22.5 Å². The maximum absolute atomic E-state index is 13.0. The minimum Gasteiger partial charge on any atom is -0.369 e. The minimum absolute atomic E-state index is 0.228. The van der Waals surface area contributed by atoms with Gasteiger partial charge in [0, 0.05) is 23.9 Å². The van der Waals surface area contributed by atoms with E-state index in [1.54, 1.807) is 0 Å².